The first kappa shape index (κ1) is 14.1. The number of ether oxygens (including phenoxy) is 2. The Kier molecular flexibility index (Phi) is 3.78. The zero-order valence-electron chi connectivity index (χ0n) is 10.2. The zero-order chi connectivity index (χ0) is 14.8. The van der Waals surface area contributed by atoms with Gasteiger partial charge in [-0.05, 0) is 23.8 Å². The topological polar surface area (TPSA) is 31.4 Å². The van der Waals surface area contributed by atoms with Gasteiger partial charge in [0.1, 0.15) is 11.6 Å². The second kappa shape index (κ2) is 5.36. The molecule has 1 aromatic heterocycles. The summed E-state index contributed by atoms with van der Waals surface area (Å²) < 4.78 is 58.0. The molecule has 1 heterocycles. The molecule has 0 atom stereocenters. The Bertz CT molecular complexity index is 596. The summed E-state index contributed by atoms with van der Waals surface area (Å²) in [7, 11) is 1.37. The van der Waals surface area contributed by atoms with E-state index in [1.165, 1.54) is 25.3 Å². The smallest absolute Gasteiger partial charge is 0.481 e. The second-order valence-electron chi connectivity index (χ2n) is 3.78. The van der Waals surface area contributed by atoms with Crippen molar-refractivity contribution in [2.75, 3.05) is 7.11 Å². The lowest BCUT2D eigenvalue weighted by Gasteiger charge is -2.10. The molecule has 0 unspecified atom stereocenters. The average Bonchev–Trinajstić information content (AvgIpc) is 2.38. The van der Waals surface area contributed by atoms with Gasteiger partial charge in [0.25, 0.3) is 0 Å². The molecule has 0 saturated heterocycles. The van der Waals surface area contributed by atoms with Gasteiger partial charge in [-0.25, -0.2) is 9.37 Å². The quantitative estimate of drug-likeness (QED) is 0.805. The van der Waals surface area contributed by atoms with Gasteiger partial charge in [0.15, 0.2) is 0 Å². The first-order valence-corrected chi connectivity index (χ1v) is 5.45. The van der Waals surface area contributed by atoms with Crippen LogP contribution in [0, 0.1) is 5.82 Å². The summed E-state index contributed by atoms with van der Waals surface area (Å²) in [4.78, 5) is 3.75. The molecule has 7 heteroatoms. The van der Waals surface area contributed by atoms with Crippen molar-refractivity contribution < 1.29 is 27.0 Å². The van der Waals surface area contributed by atoms with Crippen molar-refractivity contribution in [1.82, 2.24) is 4.98 Å². The van der Waals surface area contributed by atoms with Gasteiger partial charge in [0.2, 0.25) is 5.88 Å². The minimum Gasteiger partial charge on any atom is -0.481 e. The number of aromatic nitrogens is 1. The van der Waals surface area contributed by atoms with Crippen LogP contribution in [0.1, 0.15) is 0 Å². The van der Waals surface area contributed by atoms with Crippen LogP contribution in [0.5, 0.6) is 11.6 Å². The molecule has 0 aliphatic carbocycles. The molecule has 3 nitrogen and oxygen atoms in total. The normalized spacial score (nSPS) is 11.2. The molecule has 0 saturated carbocycles. The molecule has 0 aliphatic heterocycles. The summed E-state index contributed by atoms with van der Waals surface area (Å²) in [6.45, 7) is 0. The fraction of sp³-hybridized carbons (Fsp3) is 0.154. The minimum atomic E-state index is -4.75. The SMILES string of the molecule is COc1ncc(F)cc1-c1ccc(OC(F)(F)F)cc1. The maximum atomic E-state index is 13.2. The standard InChI is InChI=1S/C13H9F4NO2/c1-19-12-11(6-9(14)7-18-12)8-2-4-10(5-3-8)20-13(15,16)17/h2-7H,1H3. The lowest BCUT2D eigenvalue weighted by atomic mass is 10.1. The predicted octanol–water partition coefficient (Wildman–Crippen LogP) is 3.79. The van der Waals surface area contributed by atoms with Crippen molar-refractivity contribution in [2.45, 2.75) is 6.36 Å². The van der Waals surface area contributed by atoms with Gasteiger partial charge < -0.3 is 9.47 Å². The molecule has 106 valence electrons. The third-order valence-electron chi connectivity index (χ3n) is 2.41. The Hall–Kier alpha value is -2.31. The van der Waals surface area contributed by atoms with Gasteiger partial charge in [0, 0.05) is 5.56 Å². The van der Waals surface area contributed by atoms with Gasteiger partial charge in [0.05, 0.1) is 13.3 Å². The highest BCUT2D eigenvalue weighted by molar-refractivity contribution is 5.69. The third kappa shape index (κ3) is 3.37. The summed E-state index contributed by atoms with van der Waals surface area (Å²) in [5.41, 5.74) is 0.800. The Morgan fingerprint density at radius 2 is 1.75 bits per heavy atom. The number of nitrogens with zero attached hydrogens (tertiary/aromatic N) is 1. The number of halogens is 4. The van der Waals surface area contributed by atoms with Gasteiger partial charge >= 0.3 is 6.36 Å². The largest absolute Gasteiger partial charge is 0.573 e. The van der Waals surface area contributed by atoms with Crippen molar-refractivity contribution in [1.29, 1.82) is 0 Å². The Morgan fingerprint density at radius 1 is 1.10 bits per heavy atom. The highest BCUT2D eigenvalue weighted by Crippen LogP contribution is 2.31. The van der Waals surface area contributed by atoms with E-state index in [0.717, 1.165) is 18.3 Å². The Labute approximate surface area is 111 Å². The highest BCUT2D eigenvalue weighted by atomic mass is 19.4. The van der Waals surface area contributed by atoms with Crippen LogP contribution >= 0.6 is 0 Å². The van der Waals surface area contributed by atoms with Gasteiger partial charge in [-0.15, -0.1) is 13.2 Å². The van der Waals surface area contributed by atoms with E-state index in [1.807, 2.05) is 0 Å². The van der Waals surface area contributed by atoms with Crippen LogP contribution in [-0.4, -0.2) is 18.5 Å². The number of methoxy groups -OCH3 is 1. The monoisotopic (exact) mass is 287 g/mol. The first-order valence-electron chi connectivity index (χ1n) is 5.45. The summed E-state index contributed by atoms with van der Waals surface area (Å²) in [5.74, 6) is -0.753. The summed E-state index contributed by atoms with van der Waals surface area (Å²) in [6.07, 6.45) is -3.76. The molecular formula is C13H9F4NO2. The van der Waals surface area contributed by atoms with Crippen molar-refractivity contribution in [3.05, 3.63) is 42.3 Å². The zero-order valence-corrected chi connectivity index (χ0v) is 10.2. The lowest BCUT2D eigenvalue weighted by Crippen LogP contribution is -2.16. The first-order chi connectivity index (χ1) is 9.39. The van der Waals surface area contributed by atoms with Crippen LogP contribution in [0.25, 0.3) is 11.1 Å². The van der Waals surface area contributed by atoms with Crippen LogP contribution in [0.4, 0.5) is 17.6 Å². The molecule has 0 fully saturated rings. The fourth-order valence-electron chi connectivity index (χ4n) is 1.63. The van der Waals surface area contributed by atoms with E-state index in [2.05, 4.69) is 9.72 Å². The summed E-state index contributed by atoms with van der Waals surface area (Å²) in [6, 6.07) is 6.17. The van der Waals surface area contributed by atoms with Crippen LogP contribution in [0.15, 0.2) is 36.5 Å². The Morgan fingerprint density at radius 3 is 2.30 bits per heavy atom. The maximum Gasteiger partial charge on any atom is 0.573 e. The molecule has 0 radical (unpaired) electrons. The number of benzene rings is 1. The van der Waals surface area contributed by atoms with Gasteiger partial charge in [-0.1, -0.05) is 12.1 Å². The summed E-state index contributed by atoms with van der Waals surface area (Å²) in [5, 5.41) is 0. The molecular weight excluding hydrogens is 278 g/mol. The molecule has 0 spiro atoms. The molecule has 0 bridgehead atoms. The molecule has 20 heavy (non-hydrogen) atoms. The van der Waals surface area contributed by atoms with Crippen molar-refractivity contribution in [3.8, 4) is 22.8 Å². The van der Waals surface area contributed by atoms with Crippen molar-refractivity contribution in [3.63, 3.8) is 0 Å². The molecule has 2 aromatic rings. The average molecular weight is 287 g/mol. The van der Waals surface area contributed by atoms with Crippen molar-refractivity contribution >= 4 is 0 Å². The summed E-state index contributed by atoms with van der Waals surface area (Å²) >= 11 is 0. The number of alkyl halides is 3. The molecule has 0 N–H and O–H groups in total. The minimum absolute atomic E-state index is 0.177. The molecule has 2 rings (SSSR count). The Balaban J connectivity index is 2.33. The van der Waals surface area contributed by atoms with E-state index in [1.54, 1.807) is 0 Å². The maximum absolute atomic E-state index is 13.2. The van der Waals surface area contributed by atoms with E-state index in [4.69, 9.17) is 4.74 Å². The molecule has 0 amide bonds. The van der Waals surface area contributed by atoms with E-state index in [-0.39, 0.29) is 11.6 Å². The van der Waals surface area contributed by atoms with Crippen LogP contribution in [0.2, 0.25) is 0 Å². The van der Waals surface area contributed by atoms with Gasteiger partial charge in [-0.2, -0.15) is 0 Å². The van der Waals surface area contributed by atoms with Crippen LogP contribution in [0.3, 0.4) is 0 Å². The van der Waals surface area contributed by atoms with E-state index >= 15 is 0 Å². The van der Waals surface area contributed by atoms with Crippen molar-refractivity contribution in [2.24, 2.45) is 0 Å². The third-order valence-corrected chi connectivity index (χ3v) is 2.41. The van der Waals surface area contributed by atoms with Gasteiger partial charge in [-0.3, -0.25) is 0 Å². The second-order valence-corrected chi connectivity index (χ2v) is 3.78. The number of hydrogen-bond donors (Lipinski definition) is 0. The van der Waals surface area contributed by atoms with E-state index in [9.17, 15) is 17.6 Å². The van der Waals surface area contributed by atoms with Crippen LogP contribution < -0.4 is 9.47 Å². The lowest BCUT2D eigenvalue weighted by molar-refractivity contribution is -0.274. The predicted molar refractivity (Wildman–Crippen MR) is 62.9 cm³/mol. The molecule has 0 aliphatic rings. The number of pyridine rings is 1. The van der Waals surface area contributed by atoms with Crippen LogP contribution in [-0.2, 0) is 0 Å². The van der Waals surface area contributed by atoms with E-state index in [0.29, 0.717) is 11.1 Å². The fourth-order valence-corrected chi connectivity index (χ4v) is 1.63. The molecule has 1 aromatic carbocycles. The number of rotatable bonds is 3. The van der Waals surface area contributed by atoms with E-state index < -0.39 is 12.2 Å². The highest BCUT2D eigenvalue weighted by Gasteiger charge is 2.31. The number of hydrogen-bond acceptors (Lipinski definition) is 3.